The molecule has 0 bridgehead atoms. The van der Waals surface area contributed by atoms with Crippen molar-refractivity contribution in [3.05, 3.63) is 46.3 Å². The van der Waals surface area contributed by atoms with Crippen molar-refractivity contribution >= 4 is 17.2 Å². The molecule has 2 N–H and O–H groups in total. The lowest BCUT2D eigenvalue weighted by Gasteiger charge is -2.14. The zero-order valence-electron chi connectivity index (χ0n) is 11.7. The normalized spacial score (nSPS) is 11.7. The predicted molar refractivity (Wildman–Crippen MR) is 78.7 cm³/mol. The third-order valence-corrected chi connectivity index (χ3v) is 3.69. The predicted octanol–water partition coefficient (Wildman–Crippen LogP) is 3.45. The van der Waals surface area contributed by atoms with Gasteiger partial charge in [0.15, 0.2) is 0 Å². The Morgan fingerprint density at radius 3 is 2.29 bits per heavy atom. The first-order valence-electron chi connectivity index (χ1n) is 6.17. The lowest BCUT2D eigenvalue weighted by Crippen LogP contribution is -2.17. The van der Waals surface area contributed by atoms with E-state index in [1.54, 1.807) is 4.68 Å². The number of thiocarbonyl (C=S) groups is 1. The van der Waals surface area contributed by atoms with Gasteiger partial charge in [-0.15, -0.1) is 0 Å². The molecule has 1 aromatic carbocycles. The molecule has 0 saturated heterocycles. The number of halogens is 3. The van der Waals surface area contributed by atoms with E-state index in [9.17, 15) is 13.2 Å². The molecule has 0 atom stereocenters. The van der Waals surface area contributed by atoms with Crippen LogP contribution in [-0.4, -0.2) is 14.8 Å². The molecule has 1 aromatic heterocycles. The largest absolute Gasteiger partial charge is 0.416 e. The molecular weight excluding hydrogens is 299 g/mol. The van der Waals surface area contributed by atoms with E-state index in [-0.39, 0.29) is 10.6 Å². The summed E-state index contributed by atoms with van der Waals surface area (Å²) in [6.45, 7) is 5.58. The maximum absolute atomic E-state index is 12.8. The van der Waals surface area contributed by atoms with Gasteiger partial charge in [-0.2, -0.15) is 18.3 Å². The second-order valence-electron chi connectivity index (χ2n) is 4.80. The highest BCUT2D eigenvalue weighted by Crippen LogP contribution is 2.32. The molecule has 0 aliphatic heterocycles. The minimum absolute atomic E-state index is 0.0960. The monoisotopic (exact) mass is 313 g/mol. The molecule has 21 heavy (non-hydrogen) atoms. The summed E-state index contributed by atoms with van der Waals surface area (Å²) in [5.74, 6) is 0. The Hall–Kier alpha value is -1.89. The van der Waals surface area contributed by atoms with Gasteiger partial charge in [0.1, 0.15) is 4.99 Å². The third kappa shape index (κ3) is 2.78. The van der Waals surface area contributed by atoms with Crippen LogP contribution < -0.4 is 5.73 Å². The molecule has 7 heteroatoms. The lowest BCUT2D eigenvalue weighted by molar-refractivity contribution is -0.137. The Bertz CT molecular complexity index is 717. The number of benzene rings is 1. The van der Waals surface area contributed by atoms with Gasteiger partial charge in [-0.25, -0.2) is 4.68 Å². The summed E-state index contributed by atoms with van der Waals surface area (Å²) in [7, 11) is 0. The number of aryl methyl sites for hydroxylation is 1. The Labute approximate surface area is 125 Å². The van der Waals surface area contributed by atoms with Crippen LogP contribution in [0.2, 0.25) is 0 Å². The van der Waals surface area contributed by atoms with Gasteiger partial charge in [-0.1, -0.05) is 12.2 Å². The average Bonchev–Trinajstić information content (AvgIpc) is 2.64. The van der Waals surface area contributed by atoms with Crippen LogP contribution in [0.5, 0.6) is 0 Å². The summed E-state index contributed by atoms with van der Waals surface area (Å²) in [5, 5.41) is 4.34. The molecule has 112 valence electrons. The van der Waals surface area contributed by atoms with E-state index in [1.807, 2.05) is 20.8 Å². The van der Waals surface area contributed by atoms with E-state index in [1.165, 1.54) is 6.07 Å². The van der Waals surface area contributed by atoms with Crippen molar-refractivity contribution in [1.82, 2.24) is 9.78 Å². The first-order valence-corrected chi connectivity index (χ1v) is 6.58. The summed E-state index contributed by atoms with van der Waals surface area (Å²) in [5.41, 5.74) is 8.02. The number of nitrogens with zero attached hydrogens (tertiary/aromatic N) is 2. The van der Waals surface area contributed by atoms with E-state index >= 15 is 0 Å². The molecule has 0 radical (unpaired) electrons. The molecule has 0 amide bonds. The van der Waals surface area contributed by atoms with E-state index < -0.39 is 11.7 Å². The maximum atomic E-state index is 12.8. The van der Waals surface area contributed by atoms with Gasteiger partial charge in [-0.3, -0.25) is 0 Å². The fraction of sp³-hybridized carbons (Fsp3) is 0.286. The van der Waals surface area contributed by atoms with Crippen LogP contribution in [0, 0.1) is 20.8 Å². The zero-order valence-corrected chi connectivity index (χ0v) is 12.6. The molecular formula is C14H14F3N3S. The number of hydrogen-bond acceptors (Lipinski definition) is 2. The topological polar surface area (TPSA) is 43.8 Å². The Kier molecular flexibility index (Phi) is 3.79. The van der Waals surface area contributed by atoms with Gasteiger partial charge in [-0.05, 0) is 44.5 Å². The highest BCUT2D eigenvalue weighted by molar-refractivity contribution is 7.80. The third-order valence-electron chi connectivity index (χ3n) is 3.47. The van der Waals surface area contributed by atoms with Crippen LogP contribution in [-0.2, 0) is 6.18 Å². The molecule has 2 aromatic rings. The molecule has 0 aliphatic rings. The Balaban J connectivity index is 2.69. The van der Waals surface area contributed by atoms with Crippen molar-refractivity contribution in [3.8, 4) is 5.69 Å². The van der Waals surface area contributed by atoms with Crippen LogP contribution in [0.15, 0.2) is 18.2 Å². The van der Waals surface area contributed by atoms with Gasteiger partial charge in [0.2, 0.25) is 0 Å². The fourth-order valence-corrected chi connectivity index (χ4v) is 2.21. The second kappa shape index (κ2) is 5.14. The standard InChI is InChI=1S/C14H14F3N3S/c1-7-8(2)19-20(9(7)3)12-5-4-10(14(15,16)17)6-11(12)13(18)21/h4-6H,1-3H3,(H2,18,21). The number of alkyl halides is 3. The highest BCUT2D eigenvalue weighted by atomic mass is 32.1. The van der Waals surface area contributed by atoms with Gasteiger partial charge in [0, 0.05) is 11.3 Å². The van der Waals surface area contributed by atoms with Crippen LogP contribution in [0.25, 0.3) is 5.69 Å². The SMILES string of the molecule is Cc1nn(-c2ccc(C(F)(F)F)cc2C(N)=S)c(C)c1C. The van der Waals surface area contributed by atoms with Gasteiger partial charge >= 0.3 is 6.18 Å². The summed E-state index contributed by atoms with van der Waals surface area (Å²) >= 11 is 4.88. The van der Waals surface area contributed by atoms with E-state index in [0.717, 1.165) is 29.1 Å². The smallest absolute Gasteiger partial charge is 0.389 e. The van der Waals surface area contributed by atoms with E-state index in [4.69, 9.17) is 18.0 Å². The minimum Gasteiger partial charge on any atom is -0.389 e. The summed E-state index contributed by atoms with van der Waals surface area (Å²) in [6.07, 6.45) is -4.44. The quantitative estimate of drug-likeness (QED) is 0.864. The van der Waals surface area contributed by atoms with Crippen molar-refractivity contribution in [2.75, 3.05) is 0 Å². The lowest BCUT2D eigenvalue weighted by atomic mass is 10.1. The minimum atomic E-state index is -4.44. The molecule has 1 heterocycles. The highest BCUT2D eigenvalue weighted by Gasteiger charge is 2.31. The van der Waals surface area contributed by atoms with Crippen LogP contribution in [0.4, 0.5) is 13.2 Å². The van der Waals surface area contributed by atoms with Crippen LogP contribution >= 0.6 is 12.2 Å². The summed E-state index contributed by atoms with van der Waals surface area (Å²) in [4.78, 5) is -0.0960. The van der Waals surface area contributed by atoms with E-state index in [2.05, 4.69) is 5.10 Å². The molecule has 3 nitrogen and oxygen atoms in total. The van der Waals surface area contributed by atoms with Crippen molar-refractivity contribution < 1.29 is 13.2 Å². The number of rotatable bonds is 2. The number of nitrogens with two attached hydrogens (primary N) is 1. The first-order chi connectivity index (χ1) is 9.62. The van der Waals surface area contributed by atoms with Crippen LogP contribution in [0.3, 0.4) is 0 Å². The number of hydrogen-bond donors (Lipinski definition) is 1. The van der Waals surface area contributed by atoms with Gasteiger partial charge < -0.3 is 5.73 Å². The zero-order chi connectivity index (χ0) is 15.9. The van der Waals surface area contributed by atoms with E-state index in [0.29, 0.717) is 5.69 Å². The molecule has 2 rings (SSSR count). The van der Waals surface area contributed by atoms with Gasteiger partial charge in [0.25, 0.3) is 0 Å². The second-order valence-corrected chi connectivity index (χ2v) is 5.24. The van der Waals surface area contributed by atoms with Crippen molar-refractivity contribution in [2.45, 2.75) is 26.9 Å². The summed E-state index contributed by atoms with van der Waals surface area (Å²) in [6, 6.07) is 3.31. The maximum Gasteiger partial charge on any atom is 0.416 e. The number of aromatic nitrogens is 2. The average molecular weight is 313 g/mol. The fourth-order valence-electron chi connectivity index (χ4n) is 2.05. The first kappa shape index (κ1) is 15.5. The summed E-state index contributed by atoms with van der Waals surface area (Å²) < 4.78 is 40.0. The molecule has 0 spiro atoms. The van der Waals surface area contributed by atoms with Crippen molar-refractivity contribution in [2.24, 2.45) is 5.73 Å². The van der Waals surface area contributed by atoms with Crippen molar-refractivity contribution in [1.29, 1.82) is 0 Å². The molecule has 0 saturated carbocycles. The van der Waals surface area contributed by atoms with Gasteiger partial charge in [0.05, 0.1) is 16.9 Å². The Morgan fingerprint density at radius 1 is 1.24 bits per heavy atom. The Morgan fingerprint density at radius 2 is 1.86 bits per heavy atom. The molecule has 0 unspecified atom stereocenters. The molecule has 0 aliphatic carbocycles. The van der Waals surface area contributed by atoms with Crippen LogP contribution in [0.1, 0.15) is 28.1 Å². The molecule has 0 fully saturated rings. The van der Waals surface area contributed by atoms with Crippen molar-refractivity contribution in [3.63, 3.8) is 0 Å².